The molecule has 1 aromatic heterocycles. The lowest BCUT2D eigenvalue weighted by Gasteiger charge is -2.22. The van der Waals surface area contributed by atoms with Crippen LogP contribution < -0.4 is 9.80 Å². The first kappa shape index (κ1) is 19.8. The molecule has 0 bridgehead atoms. The third-order valence-electron chi connectivity index (χ3n) is 4.43. The molecule has 0 unspecified atom stereocenters. The van der Waals surface area contributed by atoms with Gasteiger partial charge in [-0.3, -0.25) is 14.5 Å². The van der Waals surface area contributed by atoms with Crippen molar-refractivity contribution in [1.29, 1.82) is 0 Å². The van der Waals surface area contributed by atoms with Crippen molar-refractivity contribution in [2.45, 2.75) is 50.4 Å². The number of rotatable bonds is 8. The zero-order valence-corrected chi connectivity index (χ0v) is 17.5. The fraction of sp³-hybridized carbons (Fsp3) is 0.474. The number of carbonyl (C=O) groups is 2. The van der Waals surface area contributed by atoms with Gasteiger partial charge in [0.15, 0.2) is 4.34 Å². The Hall–Kier alpha value is -1.93. The second kappa shape index (κ2) is 8.84. The molecule has 0 spiro atoms. The smallest absolute Gasteiger partial charge is 0.237 e. The first-order valence-electron chi connectivity index (χ1n) is 9.19. The number of benzene rings is 1. The summed E-state index contributed by atoms with van der Waals surface area (Å²) in [7, 11) is 0. The highest BCUT2D eigenvalue weighted by molar-refractivity contribution is 8.01. The Labute approximate surface area is 168 Å². The summed E-state index contributed by atoms with van der Waals surface area (Å²) in [5, 5.41) is 9.01. The van der Waals surface area contributed by atoms with E-state index in [1.807, 2.05) is 45.0 Å². The quantitative estimate of drug-likeness (QED) is 0.493. The van der Waals surface area contributed by atoms with Crippen LogP contribution in [0.1, 0.15) is 38.7 Å². The minimum Gasteiger partial charge on any atom is -0.312 e. The van der Waals surface area contributed by atoms with Crippen molar-refractivity contribution in [2.75, 3.05) is 22.1 Å². The number of amides is 2. The number of carbonyl (C=O) groups excluding carboxylic acids is 2. The van der Waals surface area contributed by atoms with Gasteiger partial charge in [-0.15, -0.1) is 10.2 Å². The normalized spacial score (nSPS) is 13.4. The highest BCUT2D eigenvalue weighted by Crippen LogP contribution is 2.36. The maximum atomic E-state index is 12.7. The molecule has 1 aliphatic rings. The van der Waals surface area contributed by atoms with Crippen LogP contribution in [-0.4, -0.2) is 40.4 Å². The molecular formula is C19H24N4O2S2. The van der Waals surface area contributed by atoms with Gasteiger partial charge < -0.3 is 4.90 Å². The van der Waals surface area contributed by atoms with E-state index in [-0.39, 0.29) is 17.9 Å². The van der Waals surface area contributed by atoms with Gasteiger partial charge in [-0.2, -0.15) is 0 Å². The molecule has 144 valence electrons. The number of nitrogens with zero attached hydrogens (tertiary/aromatic N) is 4. The standard InChI is InChI=1S/C19H24N4O2S2/c1-4-16(24)23(14-10-11-14)18-20-21-19(27-18)26-12-17(25)22(5-2)15-9-7-6-8-13(15)3/h6-9,14H,4-5,10-12H2,1-3H3. The molecule has 0 saturated heterocycles. The largest absolute Gasteiger partial charge is 0.312 e. The van der Waals surface area contributed by atoms with Crippen LogP contribution in [0.15, 0.2) is 28.6 Å². The number of hydrogen-bond donors (Lipinski definition) is 0. The van der Waals surface area contributed by atoms with Gasteiger partial charge in [-0.25, -0.2) is 0 Å². The Bertz CT molecular complexity index is 820. The van der Waals surface area contributed by atoms with Crippen LogP contribution in [0.25, 0.3) is 0 Å². The lowest BCUT2D eigenvalue weighted by atomic mass is 10.2. The van der Waals surface area contributed by atoms with Gasteiger partial charge in [0.2, 0.25) is 16.9 Å². The minimum atomic E-state index is 0.0391. The number of thioether (sulfide) groups is 1. The van der Waals surface area contributed by atoms with Gasteiger partial charge in [-0.1, -0.05) is 48.2 Å². The number of aromatic nitrogens is 2. The predicted molar refractivity (Wildman–Crippen MR) is 111 cm³/mol. The third kappa shape index (κ3) is 4.68. The first-order chi connectivity index (χ1) is 13.0. The van der Waals surface area contributed by atoms with E-state index < -0.39 is 0 Å². The Morgan fingerprint density at radius 1 is 1.19 bits per heavy atom. The van der Waals surface area contributed by atoms with Gasteiger partial charge in [0, 0.05) is 24.7 Å². The van der Waals surface area contributed by atoms with Crippen molar-refractivity contribution in [2.24, 2.45) is 0 Å². The topological polar surface area (TPSA) is 66.4 Å². The van der Waals surface area contributed by atoms with Gasteiger partial charge in [0.05, 0.1) is 5.75 Å². The molecule has 27 heavy (non-hydrogen) atoms. The Morgan fingerprint density at radius 3 is 2.56 bits per heavy atom. The molecule has 2 amide bonds. The second-order valence-corrected chi connectivity index (χ2v) is 8.59. The highest BCUT2D eigenvalue weighted by Gasteiger charge is 2.35. The molecule has 0 N–H and O–H groups in total. The maximum Gasteiger partial charge on any atom is 0.237 e. The summed E-state index contributed by atoms with van der Waals surface area (Å²) in [5.74, 6) is 0.414. The van der Waals surface area contributed by atoms with E-state index >= 15 is 0 Å². The van der Waals surface area contributed by atoms with Crippen molar-refractivity contribution in [1.82, 2.24) is 10.2 Å². The first-order valence-corrected chi connectivity index (χ1v) is 11.0. The number of aryl methyl sites for hydroxylation is 1. The molecule has 0 radical (unpaired) electrons. The Morgan fingerprint density at radius 2 is 1.93 bits per heavy atom. The summed E-state index contributed by atoms with van der Waals surface area (Å²) in [6.07, 6.45) is 2.50. The van der Waals surface area contributed by atoms with Crippen molar-refractivity contribution in [3.8, 4) is 0 Å². The molecule has 0 aliphatic heterocycles. The lowest BCUT2D eigenvalue weighted by molar-refractivity contribution is -0.118. The molecule has 1 saturated carbocycles. The predicted octanol–water partition coefficient (Wildman–Crippen LogP) is 3.90. The van der Waals surface area contributed by atoms with E-state index in [9.17, 15) is 9.59 Å². The van der Waals surface area contributed by atoms with Crippen molar-refractivity contribution < 1.29 is 9.59 Å². The molecule has 6 nitrogen and oxygen atoms in total. The minimum absolute atomic E-state index is 0.0391. The fourth-order valence-corrected chi connectivity index (χ4v) is 4.68. The average molecular weight is 405 g/mol. The zero-order chi connectivity index (χ0) is 19.4. The number of anilines is 2. The lowest BCUT2D eigenvalue weighted by Crippen LogP contribution is -2.32. The molecule has 3 rings (SSSR count). The van der Waals surface area contributed by atoms with Crippen LogP contribution in [-0.2, 0) is 9.59 Å². The molecule has 8 heteroatoms. The summed E-state index contributed by atoms with van der Waals surface area (Å²) in [6, 6.07) is 8.15. The van der Waals surface area contributed by atoms with E-state index in [0.717, 1.165) is 24.1 Å². The van der Waals surface area contributed by atoms with E-state index in [2.05, 4.69) is 10.2 Å². The molecule has 1 aromatic carbocycles. The summed E-state index contributed by atoms with van der Waals surface area (Å²) in [5.41, 5.74) is 2.02. The van der Waals surface area contributed by atoms with Gasteiger partial charge in [0.1, 0.15) is 0 Å². The Balaban J connectivity index is 1.64. The fourth-order valence-electron chi connectivity index (χ4n) is 2.88. The number of hydrogen-bond acceptors (Lipinski definition) is 6. The second-order valence-electron chi connectivity index (χ2n) is 6.41. The molecule has 1 fully saturated rings. The molecule has 1 heterocycles. The van der Waals surface area contributed by atoms with Gasteiger partial charge >= 0.3 is 0 Å². The average Bonchev–Trinajstić information content (AvgIpc) is 3.39. The van der Waals surface area contributed by atoms with Crippen LogP contribution in [0, 0.1) is 6.92 Å². The molecule has 1 aliphatic carbocycles. The maximum absolute atomic E-state index is 12.7. The molecule has 2 aromatic rings. The van der Waals surface area contributed by atoms with Crippen molar-refractivity contribution >= 4 is 45.7 Å². The summed E-state index contributed by atoms with van der Waals surface area (Å²) in [6.45, 7) is 6.46. The van der Waals surface area contributed by atoms with Gasteiger partial charge in [0.25, 0.3) is 0 Å². The molecular weight excluding hydrogens is 380 g/mol. The van der Waals surface area contributed by atoms with Crippen LogP contribution in [0.3, 0.4) is 0 Å². The summed E-state index contributed by atoms with van der Waals surface area (Å²) < 4.78 is 0.716. The monoisotopic (exact) mass is 404 g/mol. The number of para-hydroxylation sites is 1. The highest BCUT2D eigenvalue weighted by atomic mass is 32.2. The van der Waals surface area contributed by atoms with E-state index in [1.54, 1.807) is 9.80 Å². The van der Waals surface area contributed by atoms with E-state index in [4.69, 9.17) is 0 Å². The SMILES string of the molecule is CCC(=O)N(c1nnc(SCC(=O)N(CC)c2ccccc2C)s1)C1CC1. The van der Waals surface area contributed by atoms with Crippen LogP contribution in [0.5, 0.6) is 0 Å². The molecule has 0 atom stereocenters. The van der Waals surface area contributed by atoms with Crippen LogP contribution in [0.2, 0.25) is 0 Å². The Kier molecular flexibility index (Phi) is 6.49. The van der Waals surface area contributed by atoms with E-state index in [0.29, 0.717) is 28.2 Å². The zero-order valence-electron chi connectivity index (χ0n) is 15.8. The van der Waals surface area contributed by atoms with Gasteiger partial charge in [-0.05, 0) is 38.3 Å². The van der Waals surface area contributed by atoms with E-state index in [1.165, 1.54) is 23.1 Å². The van der Waals surface area contributed by atoms with Crippen molar-refractivity contribution in [3.05, 3.63) is 29.8 Å². The summed E-state index contributed by atoms with van der Waals surface area (Å²) >= 11 is 2.77. The summed E-state index contributed by atoms with van der Waals surface area (Å²) in [4.78, 5) is 28.5. The third-order valence-corrected chi connectivity index (χ3v) is 6.47. The van der Waals surface area contributed by atoms with Crippen LogP contribution >= 0.6 is 23.1 Å². The van der Waals surface area contributed by atoms with Crippen LogP contribution in [0.4, 0.5) is 10.8 Å². The van der Waals surface area contributed by atoms with Crippen molar-refractivity contribution in [3.63, 3.8) is 0 Å².